The van der Waals surface area contributed by atoms with E-state index in [2.05, 4.69) is 49.4 Å². The van der Waals surface area contributed by atoms with Crippen molar-refractivity contribution in [3.05, 3.63) is 53.6 Å². The monoisotopic (exact) mass is 315 g/mol. The molecular weight excluding hydrogens is 290 g/mol. The number of hydrogen-bond acceptors (Lipinski definition) is 3. The van der Waals surface area contributed by atoms with E-state index in [9.17, 15) is 0 Å². The number of ether oxygens (including phenoxy) is 1. The number of aryl methyl sites for hydroxylation is 1. The van der Waals surface area contributed by atoms with Gasteiger partial charge in [0.15, 0.2) is 5.96 Å². The molecule has 0 radical (unpaired) electrons. The molecule has 1 heterocycles. The lowest BCUT2D eigenvalue weighted by atomic mass is 10.1. The fourth-order valence-corrected chi connectivity index (χ4v) is 2.28. The summed E-state index contributed by atoms with van der Waals surface area (Å²) in [6, 6.07) is 8.53. The van der Waals surface area contributed by atoms with E-state index in [4.69, 9.17) is 4.74 Å². The Balaban J connectivity index is 1.90. The van der Waals surface area contributed by atoms with Crippen LogP contribution in [0.5, 0.6) is 0 Å². The van der Waals surface area contributed by atoms with Gasteiger partial charge in [0.2, 0.25) is 0 Å². The van der Waals surface area contributed by atoms with E-state index in [0.717, 1.165) is 31.4 Å². The minimum Gasteiger partial charge on any atom is -0.383 e. The van der Waals surface area contributed by atoms with Gasteiger partial charge < -0.3 is 19.9 Å². The molecule has 0 unspecified atom stereocenters. The molecule has 2 aromatic rings. The zero-order chi connectivity index (χ0) is 16.5. The number of nitrogens with zero attached hydrogens (tertiary/aromatic N) is 3. The summed E-state index contributed by atoms with van der Waals surface area (Å²) in [5, 5.41) is 6.51. The normalized spacial score (nSPS) is 11.5. The number of methoxy groups -OCH3 is 1. The van der Waals surface area contributed by atoms with Crippen LogP contribution in [0, 0.1) is 6.92 Å². The highest BCUT2D eigenvalue weighted by Gasteiger charge is 2.02. The molecule has 2 N–H and O–H groups in total. The minimum atomic E-state index is 0.653. The lowest BCUT2D eigenvalue weighted by Gasteiger charge is -2.12. The Labute approximate surface area is 137 Å². The van der Waals surface area contributed by atoms with Crippen molar-refractivity contribution < 1.29 is 4.74 Å². The van der Waals surface area contributed by atoms with Crippen LogP contribution in [0.3, 0.4) is 0 Å². The van der Waals surface area contributed by atoms with Crippen LogP contribution < -0.4 is 10.6 Å². The standard InChI is InChI=1S/C17H25N5O/c1-14-19-7-9-22(14)13-16-6-4-5-15(11-16)12-21-17(18-2)20-8-10-23-3/h4-7,9,11H,8,10,12-13H2,1-3H3,(H2,18,20,21). The Bertz CT molecular complexity index is 635. The van der Waals surface area contributed by atoms with E-state index in [1.165, 1.54) is 11.1 Å². The molecule has 0 spiro atoms. The van der Waals surface area contributed by atoms with Crippen LogP contribution in [0.1, 0.15) is 17.0 Å². The van der Waals surface area contributed by atoms with E-state index in [0.29, 0.717) is 6.61 Å². The molecule has 0 aliphatic heterocycles. The van der Waals surface area contributed by atoms with Crippen molar-refractivity contribution in [3.8, 4) is 0 Å². The summed E-state index contributed by atoms with van der Waals surface area (Å²) < 4.78 is 7.16. The third kappa shape index (κ3) is 5.41. The van der Waals surface area contributed by atoms with Crippen LogP contribution in [0.25, 0.3) is 0 Å². The van der Waals surface area contributed by atoms with Crippen molar-refractivity contribution in [2.75, 3.05) is 27.3 Å². The first-order chi connectivity index (χ1) is 11.2. The molecule has 0 aliphatic rings. The van der Waals surface area contributed by atoms with Crippen molar-refractivity contribution in [2.24, 2.45) is 4.99 Å². The van der Waals surface area contributed by atoms with Crippen molar-refractivity contribution in [2.45, 2.75) is 20.0 Å². The molecule has 0 saturated carbocycles. The molecule has 23 heavy (non-hydrogen) atoms. The topological polar surface area (TPSA) is 63.5 Å². The summed E-state index contributed by atoms with van der Waals surface area (Å²) in [5.74, 6) is 1.80. The third-order valence-electron chi connectivity index (χ3n) is 3.55. The van der Waals surface area contributed by atoms with Crippen LogP contribution in [0.15, 0.2) is 41.7 Å². The van der Waals surface area contributed by atoms with E-state index in [-0.39, 0.29) is 0 Å². The van der Waals surface area contributed by atoms with Crippen molar-refractivity contribution in [1.82, 2.24) is 20.2 Å². The maximum Gasteiger partial charge on any atom is 0.191 e. The zero-order valence-electron chi connectivity index (χ0n) is 14.0. The molecule has 124 valence electrons. The lowest BCUT2D eigenvalue weighted by Crippen LogP contribution is -2.38. The fraction of sp³-hybridized carbons (Fsp3) is 0.412. The van der Waals surface area contributed by atoms with Gasteiger partial charge in [0.25, 0.3) is 0 Å². The quantitative estimate of drug-likeness (QED) is 0.462. The fourth-order valence-electron chi connectivity index (χ4n) is 2.28. The predicted octanol–water partition coefficient (Wildman–Crippen LogP) is 1.55. The second-order valence-corrected chi connectivity index (χ2v) is 5.27. The number of aliphatic imine (C=N–C) groups is 1. The Kier molecular flexibility index (Phi) is 6.62. The summed E-state index contributed by atoms with van der Waals surface area (Å²) in [6.07, 6.45) is 3.83. The van der Waals surface area contributed by atoms with E-state index < -0.39 is 0 Å². The number of guanidine groups is 1. The average molecular weight is 315 g/mol. The van der Waals surface area contributed by atoms with Crippen LogP contribution >= 0.6 is 0 Å². The predicted molar refractivity (Wildman–Crippen MR) is 92.6 cm³/mol. The summed E-state index contributed by atoms with van der Waals surface area (Å²) in [6.45, 7) is 4.96. The van der Waals surface area contributed by atoms with Crippen LogP contribution in [0.2, 0.25) is 0 Å². The van der Waals surface area contributed by atoms with Gasteiger partial charge in [-0.2, -0.15) is 0 Å². The number of rotatable bonds is 7. The van der Waals surface area contributed by atoms with Gasteiger partial charge in [0.05, 0.1) is 6.61 Å². The number of nitrogens with one attached hydrogen (secondary N) is 2. The molecule has 0 amide bonds. The summed E-state index contributed by atoms with van der Waals surface area (Å²) >= 11 is 0. The Morgan fingerprint density at radius 1 is 1.30 bits per heavy atom. The Morgan fingerprint density at radius 2 is 2.13 bits per heavy atom. The molecule has 6 heteroatoms. The van der Waals surface area contributed by atoms with E-state index >= 15 is 0 Å². The summed E-state index contributed by atoms with van der Waals surface area (Å²) in [7, 11) is 3.45. The van der Waals surface area contributed by atoms with Gasteiger partial charge in [0.1, 0.15) is 5.82 Å². The van der Waals surface area contributed by atoms with Gasteiger partial charge in [-0.15, -0.1) is 0 Å². The van der Waals surface area contributed by atoms with Crippen molar-refractivity contribution in [1.29, 1.82) is 0 Å². The minimum absolute atomic E-state index is 0.653. The number of hydrogen-bond donors (Lipinski definition) is 2. The average Bonchev–Trinajstić information content (AvgIpc) is 2.96. The van der Waals surface area contributed by atoms with Gasteiger partial charge in [-0.3, -0.25) is 4.99 Å². The summed E-state index contributed by atoms with van der Waals surface area (Å²) in [4.78, 5) is 8.45. The number of aromatic nitrogens is 2. The molecule has 0 fully saturated rings. The molecule has 0 saturated heterocycles. The highest BCUT2D eigenvalue weighted by atomic mass is 16.5. The largest absolute Gasteiger partial charge is 0.383 e. The second kappa shape index (κ2) is 8.95. The SMILES string of the molecule is CN=C(NCCOC)NCc1cccc(Cn2ccnc2C)c1. The first kappa shape index (κ1) is 17.0. The first-order valence-electron chi connectivity index (χ1n) is 7.72. The van der Waals surface area contributed by atoms with Gasteiger partial charge in [-0.1, -0.05) is 24.3 Å². The van der Waals surface area contributed by atoms with Crippen molar-refractivity contribution in [3.63, 3.8) is 0 Å². The highest BCUT2D eigenvalue weighted by Crippen LogP contribution is 2.08. The highest BCUT2D eigenvalue weighted by molar-refractivity contribution is 5.79. The van der Waals surface area contributed by atoms with Gasteiger partial charge in [0, 0.05) is 46.2 Å². The molecule has 0 aliphatic carbocycles. The number of imidazole rings is 1. The van der Waals surface area contributed by atoms with Crippen LogP contribution in [-0.4, -0.2) is 42.8 Å². The molecular formula is C17H25N5O. The molecule has 0 atom stereocenters. The van der Waals surface area contributed by atoms with Crippen molar-refractivity contribution >= 4 is 5.96 Å². The second-order valence-electron chi connectivity index (χ2n) is 5.27. The zero-order valence-corrected chi connectivity index (χ0v) is 14.0. The molecule has 6 nitrogen and oxygen atoms in total. The Hall–Kier alpha value is -2.34. The molecule has 1 aromatic heterocycles. The van der Waals surface area contributed by atoms with Gasteiger partial charge in [-0.05, 0) is 18.1 Å². The Morgan fingerprint density at radius 3 is 2.83 bits per heavy atom. The maximum absolute atomic E-state index is 5.02. The van der Waals surface area contributed by atoms with E-state index in [1.54, 1.807) is 14.2 Å². The van der Waals surface area contributed by atoms with Gasteiger partial charge >= 0.3 is 0 Å². The lowest BCUT2D eigenvalue weighted by molar-refractivity contribution is 0.203. The first-order valence-corrected chi connectivity index (χ1v) is 7.72. The third-order valence-corrected chi connectivity index (χ3v) is 3.55. The molecule has 2 rings (SSSR count). The smallest absolute Gasteiger partial charge is 0.191 e. The van der Waals surface area contributed by atoms with Crippen LogP contribution in [-0.2, 0) is 17.8 Å². The number of benzene rings is 1. The van der Waals surface area contributed by atoms with E-state index in [1.807, 2.05) is 19.3 Å². The summed E-state index contributed by atoms with van der Waals surface area (Å²) in [5.41, 5.74) is 2.47. The van der Waals surface area contributed by atoms with Gasteiger partial charge in [-0.25, -0.2) is 4.98 Å². The van der Waals surface area contributed by atoms with Crippen LogP contribution in [0.4, 0.5) is 0 Å². The maximum atomic E-state index is 5.02. The molecule has 1 aromatic carbocycles. The molecule has 0 bridgehead atoms.